The van der Waals surface area contributed by atoms with E-state index in [1.165, 1.54) is 0 Å². The maximum absolute atomic E-state index is 11.4. The summed E-state index contributed by atoms with van der Waals surface area (Å²) >= 11 is 0. The number of hydrogen-bond donors (Lipinski definition) is 1. The summed E-state index contributed by atoms with van der Waals surface area (Å²) in [5.41, 5.74) is 0.547. The van der Waals surface area contributed by atoms with Gasteiger partial charge in [0.25, 0.3) is 0 Å². The monoisotopic (exact) mass is 291 g/mol. The second-order valence-corrected chi connectivity index (χ2v) is 4.75. The number of aromatic nitrogens is 4. The average Bonchev–Trinajstić information content (AvgIpc) is 3.08. The summed E-state index contributed by atoms with van der Waals surface area (Å²) in [6, 6.07) is 11.1. The van der Waals surface area contributed by atoms with Crippen LogP contribution in [0.3, 0.4) is 0 Å². The number of imidazole rings is 1. The zero-order valence-electron chi connectivity index (χ0n) is 11.2. The molecule has 0 saturated carbocycles. The molecule has 0 aliphatic heterocycles. The van der Waals surface area contributed by atoms with E-state index < -0.39 is 4.92 Å². The van der Waals surface area contributed by atoms with Gasteiger partial charge in [0.15, 0.2) is 0 Å². The first-order valence-corrected chi connectivity index (χ1v) is 6.58. The second-order valence-electron chi connectivity index (χ2n) is 4.75. The standard InChI is InChI=1S/C15H9N5O2/c21-20(22)15-11-6-5-9-3-1-2-4-10(9)12(11)18-14(19-15)13-16-7-8-17-13/h1-8H,(H,16,17). The normalized spacial score (nSPS) is 11.1. The van der Waals surface area contributed by atoms with Gasteiger partial charge in [0, 0.05) is 17.8 Å². The first kappa shape index (κ1) is 12.4. The molecule has 0 bridgehead atoms. The van der Waals surface area contributed by atoms with Gasteiger partial charge in [-0.15, -0.1) is 0 Å². The molecule has 0 saturated heterocycles. The molecule has 0 fully saturated rings. The molecule has 1 N–H and O–H groups in total. The number of nitro groups is 1. The van der Waals surface area contributed by atoms with E-state index in [1.807, 2.05) is 30.3 Å². The molecule has 2 aromatic heterocycles. The molecule has 0 radical (unpaired) electrons. The van der Waals surface area contributed by atoms with Gasteiger partial charge in [-0.1, -0.05) is 30.3 Å². The van der Waals surface area contributed by atoms with E-state index >= 15 is 0 Å². The minimum atomic E-state index is -0.495. The summed E-state index contributed by atoms with van der Waals surface area (Å²) in [6.07, 6.45) is 3.18. The van der Waals surface area contributed by atoms with E-state index in [9.17, 15) is 10.1 Å². The molecule has 0 atom stereocenters. The Bertz CT molecular complexity index is 1010. The highest BCUT2D eigenvalue weighted by Crippen LogP contribution is 2.30. The van der Waals surface area contributed by atoms with Gasteiger partial charge in [0.2, 0.25) is 5.82 Å². The maximum atomic E-state index is 11.4. The Morgan fingerprint density at radius 2 is 1.91 bits per heavy atom. The predicted octanol–water partition coefficient (Wildman–Crippen LogP) is 3.08. The van der Waals surface area contributed by atoms with Crippen molar-refractivity contribution in [2.45, 2.75) is 0 Å². The fraction of sp³-hybridized carbons (Fsp3) is 0. The third-order valence-electron chi connectivity index (χ3n) is 3.45. The van der Waals surface area contributed by atoms with E-state index in [0.717, 1.165) is 10.8 Å². The Labute approximate surface area is 123 Å². The molecule has 2 heterocycles. The van der Waals surface area contributed by atoms with E-state index in [2.05, 4.69) is 19.9 Å². The maximum Gasteiger partial charge on any atom is 0.375 e. The summed E-state index contributed by atoms with van der Waals surface area (Å²) in [5.74, 6) is 0.389. The van der Waals surface area contributed by atoms with Crippen LogP contribution in [0.4, 0.5) is 5.82 Å². The lowest BCUT2D eigenvalue weighted by molar-refractivity contribution is -0.387. The number of aromatic amines is 1. The van der Waals surface area contributed by atoms with Gasteiger partial charge in [-0.25, -0.2) is 9.97 Å². The zero-order chi connectivity index (χ0) is 15.1. The number of fused-ring (bicyclic) bond motifs is 3. The quantitative estimate of drug-likeness (QED) is 0.347. The van der Waals surface area contributed by atoms with Crippen LogP contribution in [0.2, 0.25) is 0 Å². The fourth-order valence-electron chi connectivity index (χ4n) is 2.48. The van der Waals surface area contributed by atoms with Gasteiger partial charge >= 0.3 is 11.6 Å². The summed E-state index contributed by atoms with van der Waals surface area (Å²) in [7, 11) is 0. The van der Waals surface area contributed by atoms with Crippen molar-refractivity contribution in [1.29, 1.82) is 0 Å². The van der Waals surface area contributed by atoms with Crippen LogP contribution in [0.1, 0.15) is 0 Å². The van der Waals surface area contributed by atoms with E-state index in [4.69, 9.17) is 0 Å². The lowest BCUT2D eigenvalue weighted by atomic mass is 10.1. The van der Waals surface area contributed by atoms with Crippen LogP contribution >= 0.6 is 0 Å². The highest BCUT2D eigenvalue weighted by molar-refractivity contribution is 6.07. The molecule has 22 heavy (non-hydrogen) atoms. The van der Waals surface area contributed by atoms with Gasteiger partial charge in [-0.3, -0.25) is 0 Å². The highest BCUT2D eigenvalue weighted by Gasteiger charge is 2.22. The molecule has 4 rings (SSSR count). The SMILES string of the molecule is O=[N+]([O-])c1nc(-c2ncc[nH]2)nc2c1ccc1ccccc12. The van der Waals surface area contributed by atoms with Crippen molar-refractivity contribution >= 4 is 27.5 Å². The Balaban J connectivity index is 2.16. The largest absolute Gasteiger partial charge is 0.375 e. The van der Waals surface area contributed by atoms with Crippen LogP contribution in [0.15, 0.2) is 48.8 Å². The summed E-state index contributed by atoms with van der Waals surface area (Å²) in [4.78, 5) is 26.3. The fourth-order valence-corrected chi connectivity index (χ4v) is 2.48. The van der Waals surface area contributed by atoms with Crippen LogP contribution in [0.5, 0.6) is 0 Å². The summed E-state index contributed by atoms with van der Waals surface area (Å²) in [5, 5.41) is 13.6. The lowest BCUT2D eigenvalue weighted by Gasteiger charge is -2.04. The topological polar surface area (TPSA) is 97.6 Å². The van der Waals surface area contributed by atoms with Crippen molar-refractivity contribution in [3.05, 3.63) is 58.9 Å². The second kappa shape index (κ2) is 4.59. The zero-order valence-corrected chi connectivity index (χ0v) is 11.2. The van der Waals surface area contributed by atoms with Gasteiger partial charge in [-0.2, -0.15) is 0 Å². The minimum absolute atomic E-state index is 0.209. The van der Waals surface area contributed by atoms with Gasteiger partial charge in [-0.05, 0) is 21.4 Å². The molecule has 4 aromatic rings. The molecule has 7 nitrogen and oxygen atoms in total. The van der Waals surface area contributed by atoms with Crippen molar-refractivity contribution in [1.82, 2.24) is 19.9 Å². The van der Waals surface area contributed by atoms with Crippen LogP contribution in [0.25, 0.3) is 33.3 Å². The van der Waals surface area contributed by atoms with Gasteiger partial charge < -0.3 is 15.1 Å². The van der Waals surface area contributed by atoms with Crippen molar-refractivity contribution in [2.75, 3.05) is 0 Å². The van der Waals surface area contributed by atoms with Crippen LogP contribution in [-0.2, 0) is 0 Å². The lowest BCUT2D eigenvalue weighted by Crippen LogP contribution is -2.00. The number of rotatable bonds is 2. The van der Waals surface area contributed by atoms with Crippen molar-refractivity contribution in [3.63, 3.8) is 0 Å². The minimum Gasteiger partial charge on any atom is -0.358 e. The van der Waals surface area contributed by atoms with E-state index in [0.29, 0.717) is 16.7 Å². The highest BCUT2D eigenvalue weighted by atomic mass is 16.6. The number of nitrogens with zero attached hydrogens (tertiary/aromatic N) is 4. The molecule has 7 heteroatoms. The van der Waals surface area contributed by atoms with Crippen molar-refractivity contribution in [2.24, 2.45) is 0 Å². The first-order valence-electron chi connectivity index (χ1n) is 6.58. The average molecular weight is 291 g/mol. The molecular formula is C15H9N5O2. The van der Waals surface area contributed by atoms with Crippen LogP contribution in [0, 0.1) is 10.1 Å². The van der Waals surface area contributed by atoms with Gasteiger partial charge in [0.05, 0.1) is 10.9 Å². The molecular weight excluding hydrogens is 282 g/mol. The number of hydrogen-bond acceptors (Lipinski definition) is 5. The number of H-pyrrole nitrogens is 1. The van der Waals surface area contributed by atoms with Crippen LogP contribution < -0.4 is 0 Å². The number of benzene rings is 2. The van der Waals surface area contributed by atoms with Crippen molar-refractivity contribution < 1.29 is 4.92 Å². The molecule has 0 aliphatic carbocycles. The molecule has 0 spiro atoms. The molecule has 0 unspecified atom stereocenters. The molecule has 2 aromatic carbocycles. The predicted molar refractivity (Wildman–Crippen MR) is 81.3 cm³/mol. The third-order valence-corrected chi connectivity index (χ3v) is 3.45. The van der Waals surface area contributed by atoms with Crippen LogP contribution in [-0.4, -0.2) is 24.9 Å². The Kier molecular flexibility index (Phi) is 2.59. The first-order chi connectivity index (χ1) is 10.7. The Morgan fingerprint density at radius 3 is 2.68 bits per heavy atom. The Morgan fingerprint density at radius 1 is 1.05 bits per heavy atom. The third kappa shape index (κ3) is 1.80. The smallest absolute Gasteiger partial charge is 0.358 e. The van der Waals surface area contributed by atoms with Crippen molar-refractivity contribution in [3.8, 4) is 11.6 Å². The summed E-state index contributed by atoms with van der Waals surface area (Å²) in [6.45, 7) is 0. The van der Waals surface area contributed by atoms with E-state index in [1.54, 1.807) is 18.5 Å². The molecule has 0 amide bonds. The Hall–Kier alpha value is -3.35. The molecule has 0 aliphatic rings. The van der Waals surface area contributed by atoms with E-state index in [-0.39, 0.29) is 11.6 Å². The molecule has 106 valence electrons. The summed E-state index contributed by atoms with van der Waals surface area (Å²) < 4.78 is 0. The number of nitrogens with one attached hydrogen (secondary N) is 1. The van der Waals surface area contributed by atoms with Gasteiger partial charge in [0.1, 0.15) is 0 Å².